The second kappa shape index (κ2) is 5.38. The number of nitrogens with zero attached hydrogens (tertiary/aromatic N) is 3. The van der Waals surface area contributed by atoms with Crippen LogP contribution >= 0.6 is 22.7 Å². The van der Waals surface area contributed by atoms with Gasteiger partial charge in [0.25, 0.3) is 0 Å². The van der Waals surface area contributed by atoms with Gasteiger partial charge in [0.15, 0.2) is 0 Å². The summed E-state index contributed by atoms with van der Waals surface area (Å²) >= 11 is 3.58. The maximum atomic E-state index is 4.54. The summed E-state index contributed by atoms with van der Waals surface area (Å²) in [5.41, 5.74) is 1.22. The molecule has 0 aromatic carbocycles. The van der Waals surface area contributed by atoms with Crippen molar-refractivity contribution in [1.29, 1.82) is 0 Å². The monoisotopic (exact) mass is 279 g/mol. The molecular weight excluding hydrogens is 262 g/mol. The largest absolute Gasteiger partial charge is 0.361 e. The second-order valence-corrected chi connectivity index (χ2v) is 6.56. The molecular formula is C13H17N3S2. The quantitative estimate of drug-likeness (QED) is 0.861. The lowest BCUT2D eigenvalue weighted by Crippen LogP contribution is -2.45. The number of anilines is 1. The van der Waals surface area contributed by atoms with E-state index in [0.29, 0.717) is 0 Å². The van der Waals surface area contributed by atoms with E-state index in [1.165, 1.54) is 15.7 Å². The van der Waals surface area contributed by atoms with E-state index in [4.69, 9.17) is 0 Å². The van der Waals surface area contributed by atoms with Crippen LogP contribution in [-0.4, -0.2) is 36.1 Å². The van der Waals surface area contributed by atoms with E-state index in [0.717, 1.165) is 32.7 Å². The Hall–Kier alpha value is -0.910. The molecule has 0 atom stereocenters. The minimum atomic E-state index is 1.00. The van der Waals surface area contributed by atoms with E-state index in [2.05, 4.69) is 44.6 Å². The van der Waals surface area contributed by atoms with Crippen LogP contribution in [0.1, 0.15) is 10.7 Å². The number of hydrogen-bond donors (Lipinski definition) is 0. The predicted molar refractivity (Wildman–Crippen MR) is 78.7 cm³/mol. The summed E-state index contributed by atoms with van der Waals surface area (Å²) in [6, 6.07) is 4.34. The van der Waals surface area contributed by atoms with Crippen molar-refractivity contribution in [3.63, 3.8) is 0 Å². The predicted octanol–water partition coefficient (Wildman–Crippen LogP) is 2.84. The van der Waals surface area contributed by atoms with E-state index < -0.39 is 0 Å². The number of thiazole rings is 1. The average Bonchev–Trinajstić information content (AvgIpc) is 3.02. The smallest absolute Gasteiger partial charge is 0.0909 e. The highest BCUT2D eigenvalue weighted by Gasteiger charge is 2.18. The van der Waals surface area contributed by atoms with Crippen LogP contribution in [-0.2, 0) is 6.54 Å². The normalized spacial score (nSPS) is 17.3. The van der Waals surface area contributed by atoms with E-state index >= 15 is 0 Å². The third-order valence-corrected chi connectivity index (χ3v) is 4.99. The Morgan fingerprint density at radius 1 is 1.22 bits per heavy atom. The van der Waals surface area contributed by atoms with Crippen molar-refractivity contribution in [2.24, 2.45) is 0 Å². The maximum Gasteiger partial charge on any atom is 0.0909 e. The maximum absolute atomic E-state index is 4.54. The van der Waals surface area contributed by atoms with Crippen molar-refractivity contribution < 1.29 is 0 Å². The fourth-order valence-electron chi connectivity index (χ4n) is 2.29. The molecule has 0 N–H and O–H groups in total. The van der Waals surface area contributed by atoms with Gasteiger partial charge in [0, 0.05) is 38.1 Å². The zero-order valence-corrected chi connectivity index (χ0v) is 12.1. The molecule has 2 aromatic rings. The minimum absolute atomic E-state index is 1.00. The van der Waals surface area contributed by atoms with Gasteiger partial charge in [0.1, 0.15) is 0 Å². The Bertz CT molecular complexity index is 484. The average molecular weight is 279 g/mol. The summed E-state index contributed by atoms with van der Waals surface area (Å²) in [5, 5.41) is 6.90. The molecule has 0 amide bonds. The summed E-state index contributed by atoms with van der Waals surface area (Å²) < 4.78 is 0. The van der Waals surface area contributed by atoms with E-state index in [1.54, 1.807) is 11.3 Å². The van der Waals surface area contributed by atoms with Gasteiger partial charge in [-0.25, -0.2) is 4.98 Å². The van der Waals surface area contributed by atoms with Crippen molar-refractivity contribution in [2.45, 2.75) is 13.5 Å². The van der Waals surface area contributed by atoms with Crippen molar-refractivity contribution in [1.82, 2.24) is 9.88 Å². The molecule has 3 rings (SSSR count). The Kier molecular flexibility index (Phi) is 3.63. The fraction of sp³-hybridized carbons (Fsp3) is 0.462. The number of aromatic nitrogens is 1. The van der Waals surface area contributed by atoms with Gasteiger partial charge in [-0.15, -0.1) is 22.7 Å². The number of hydrogen-bond acceptors (Lipinski definition) is 5. The molecule has 2 aromatic heterocycles. The summed E-state index contributed by atoms with van der Waals surface area (Å²) in [4.78, 5) is 9.52. The van der Waals surface area contributed by atoms with Crippen molar-refractivity contribution in [2.75, 3.05) is 31.1 Å². The highest BCUT2D eigenvalue weighted by molar-refractivity contribution is 7.14. The number of rotatable bonds is 3. The van der Waals surface area contributed by atoms with Gasteiger partial charge in [0.05, 0.1) is 15.7 Å². The molecule has 3 heterocycles. The number of piperazine rings is 1. The molecule has 3 nitrogen and oxygen atoms in total. The van der Waals surface area contributed by atoms with Crippen LogP contribution in [0.3, 0.4) is 0 Å². The van der Waals surface area contributed by atoms with Crippen molar-refractivity contribution >= 4 is 27.7 Å². The molecule has 1 saturated heterocycles. The van der Waals surface area contributed by atoms with Crippen LogP contribution in [0.4, 0.5) is 5.00 Å². The van der Waals surface area contributed by atoms with Crippen LogP contribution in [0.5, 0.6) is 0 Å². The number of thiophene rings is 1. The fourth-order valence-corrected chi connectivity index (χ4v) is 3.68. The molecule has 0 aliphatic carbocycles. The van der Waals surface area contributed by atoms with Crippen LogP contribution in [0, 0.1) is 6.92 Å². The summed E-state index contributed by atoms with van der Waals surface area (Å²) in [6.45, 7) is 7.60. The van der Waals surface area contributed by atoms with Gasteiger partial charge < -0.3 is 4.90 Å². The molecule has 0 bridgehead atoms. The highest BCUT2D eigenvalue weighted by atomic mass is 32.1. The topological polar surface area (TPSA) is 19.4 Å². The molecule has 5 heteroatoms. The van der Waals surface area contributed by atoms with Crippen LogP contribution in [0.15, 0.2) is 22.9 Å². The first-order chi connectivity index (χ1) is 8.81. The van der Waals surface area contributed by atoms with Crippen LogP contribution in [0.2, 0.25) is 0 Å². The number of aryl methyl sites for hydroxylation is 1. The molecule has 0 radical (unpaired) electrons. The lowest BCUT2D eigenvalue weighted by atomic mass is 10.3. The molecule has 0 spiro atoms. The van der Waals surface area contributed by atoms with Crippen LogP contribution < -0.4 is 4.90 Å². The van der Waals surface area contributed by atoms with E-state index in [-0.39, 0.29) is 0 Å². The van der Waals surface area contributed by atoms with E-state index in [9.17, 15) is 0 Å². The molecule has 1 aliphatic heterocycles. The van der Waals surface area contributed by atoms with Gasteiger partial charge in [-0.1, -0.05) is 0 Å². The van der Waals surface area contributed by atoms with Gasteiger partial charge in [-0.2, -0.15) is 0 Å². The first-order valence-electron chi connectivity index (χ1n) is 6.23. The Morgan fingerprint density at radius 2 is 2.06 bits per heavy atom. The zero-order valence-electron chi connectivity index (χ0n) is 10.5. The molecule has 0 unspecified atom stereocenters. The molecule has 1 aliphatic rings. The third-order valence-electron chi connectivity index (χ3n) is 3.24. The Balaban J connectivity index is 1.54. The second-order valence-electron chi connectivity index (χ2n) is 4.57. The minimum Gasteiger partial charge on any atom is -0.361 e. The van der Waals surface area contributed by atoms with Gasteiger partial charge in [-0.05, 0) is 24.4 Å². The Morgan fingerprint density at radius 3 is 2.67 bits per heavy atom. The van der Waals surface area contributed by atoms with Crippen molar-refractivity contribution in [3.05, 3.63) is 33.6 Å². The third kappa shape index (κ3) is 2.74. The van der Waals surface area contributed by atoms with Gasteiger partial charge in [0.2, 0.25) is 0 Å². The summed E-state index contributed by atoms with van der Waals surface area (Å²) in [5.74, 6) is 0. The highest BCUT2D eigenvalue weighted by Crippen LogP contribution is 2.22. The SMILES string of the molecule is Cc1nc(CN2CCN(c3cccs3)CC2)cs1. The lowest BCUT2D eigenvalue weighted by molar-refractivity contribution is 0.248. The lowest BCUT2D eigenvalue weighted by Gasteiger charge is -2.34. The van der Waals surface area contributed by atoms with Crippen LogP contribution in [0.25, 0.3) is 0 Å². The summed E-state index contributed by atoms with van der Waals surface area (Å²) in [6.07, 6.45) is 0. The van der Waals surface area contributed by atoms with E-state index in [1.807, 2.05) is 11.3 Å². The standard InChI is InChI=1S/C13H17N3S2/c1-11-14-12(10-18-11)9-15-4-6-16(7-5-15)13-3-2-8-17-13/h2-3,8,10H,4-7,9H2,1H3. The molecule has 96 valence electrons. The Labute approximate surface area is 116 Å². The first kappa shape index (κ1) is 12.1. The molecule has 18 heavy (non-hydrogen) atoms. The van der Waals surface area contributed by atoms with Gasteiger partial charge in [-0.3, -0.25) is 4.90 Å². The first-order valence-corrected chi connectivity index (χ1v) is 7.99. The molecule has 1 fully saturated rings. The van der Waals surface area contributed by atoms with Gasteiger partial charge >= 0.3 is 0 Å². The summed E-state index contributed by atoms with van der Waals surface area (Å²) in [7, 11) is 0. The van der Waals surface area contributed by atoms with Crippen molar-refractivity contribution in [3.8, 4) is 0 Å². The zero-order chi connectivity index (χ0) is 12.4. The molecule has 0 saturated carbocycles.